The summed E-state index contributed by atoms with van der Waals surface area (Å²) in [5.74, 6) is -5.02. The van der Waals surface area contributed by atoms with Crippen LogP contribution in [0.25, 0.3) is 16.5 Å². The maximum Gasteiger partial charge on any atom is 0.336 e. The number of para-hydroxylation sites is 1. The van der Waals surface area contributed by atoms with E-state index in [1.807, 2.05) is 0 Å². The number of hydrogen-bond acceptors (Lipinski definition) is 5. The van der Waals surface area contributed by atoms with Crippen LogP contribution in [0, 0.1) is 0 Å². The highest BCUT2D eigenvalue weighted by molar-refractivity contribution is 5.92. The van der Waals surface area contributed by atoms with Crippen LogP contribution in [0.3, 0.4) is 0 Å². The molecule has 1 atom stereocenters. The molecular formula is C28H32N2O7. The first kappa shape index (κ1) is 27.6. The van der Waals surface area contributed by atoms with E-state index in [9.17, 15) is 14.4 Å². The number of aliphatic hydroxyl groups is 1. The predicted octanol–water partition coefficient (Wildman–Crippen LogP) is 3.94. The Morgan fingerprint density at radius 3 is 2.05 bits per heavy atom. The van der Waals surface area contributed by atoms with E-state index in [1.165, 1.54) is 27.6 Å². The molecule has 9 heteroatoms. The first-order valence-electron chi connectivity index (χ1n) is 11.9. The second-order valence-corrected chi connectivity index (χ2v) is 9.45. The van der Waals surface area contributed by atoms with Gasteiger partial charge in [0.05, 0.1) is 12.8 Å². The molecule has 1 aliphatic carbocycles. The number of nitrogens with one attached hydrogen (secondary N) is 1. The maximum absolute atomic E-state index is 10.3. The molecule has 4 rings (SSSR count). The number of nitrogens with zero attached hydrogens (tertiary/aromatic N) is 1. The van der Waals surface area contributed by atoms with Crippen molar-refractivity contribution in [3.63, 3.8) is 0 Å². The van der Waals surface area contributed by atoms with Crippen LogP contribution in [0.2, 0.25) is 0 Å². The number of rotatable bonds is 8. The van der Waals surface area contributed by atoms with Gasteiger partial charge in [-0.1, -0.05) is 54.6 Å². The fraction of sp³-hybridized carbons (Fsp3) is 0.321. The number of H-pyrrole nitrogens is 1. The third-order valence-electron chi connectivity index (χ3n) is 6.88. The standard InChI is InChI=1S/C22H24N2.C6H8O7/c1-24(2)22(18-8-4-3-5-9-18)14-12-17(13-15-22)20-16-23-21-11-7-6-10-19(20)21;7-3(8)1-6(13,5(11)12)2-4(9)10/h3-12,16,23H,13-15H2,1-2H3;13H,1-2H2,(H,7,8)(H,9,10)(H,11,12). The summed E-state index contributed by atoms with van der Waals surface area (Å²) < 4.78 is 0. The molecule has 0 radical (unpaired) electrons. The number of aliphatic carboxylic acids is 3. The Balaban J connectivity index is 0.000000251. The zero-order valence-corrected chi connectivity index (χ0v) is 20.8. The van der Waals surface area contributed by atoms with Crippen LogP contribution < -0.4 is 0 Å². The van der Waals surface area contributed by atoms with E-state index in [4.69, 9.17) is 20.4 Å². The largest absolute Gasteiger partial charge is 0.481 e. The lowest BCUT2D eigenvalue weighted by molar-refractivity contribution is -0.170. The van der Waals surface area contributed by atoms with Crippen molar-refractivity contribution in [1.29, 1.82) is 0 Å². The van der Waals surface area contributed by atoms with Gasteiger partial charge in [-0.25, -0.2) is 4.79 Å². The third kappa shape index (κ3) is 6.25. The number of carboxylic acids is 3. The fourth-order valence-corrected chi connectivity index (χ4v) is 4.81. The number of hydrogen-bond donors (Lipinski definition) is 5. The van der Waals surface area contributed by atoms with Gasteiger partial charge in [-0.15, -0.1) is 0 Å². The van der Waals surface area contributed by atoms with Crippen LogP contribution in [0.4, 0.5) is 0 Å². The molecule has 0 saturated heterocycles. The highest BCUT2D eigenvalue weighted by Crippen LogP contribution is 2.43. The Labute approximate surface area is 214 Å². The number of fused-ring (bicyclic) bond motifs is 1. The van der Waals surface area contributed by atoms with Gasteiger partial charge >= 0.3 is 17.9 Å². The van der Waals surface area contributed by atoms with Gasteiger partial charge < -0.3 is 25.4 Å². The molecule has 196 valence electrons. The Kier molecular flexibility index (Phi) is 8.52. The van der Waals surface area contributed by atoms with Crippen molar-refractivity contribution in [2.45, 2.75) is 43.2 Å². The molecule has 0 saturated carbocycles. The van der Waals surface area contributed by atoms with Crippen molar-refractivity contribution in [1.82, 2.24) is 9.88 Å². The summed E-state index contributed by atoms with van der Waals surface area (Å²) in [5, 5.41) is 35.1. The van der Waals surface area contributed by atoms with Crippen molar-refractivity contribution >= 4 is 34.4 Å². The molecule has 0 aliphatic heterocycles. The molecule has 1 unspecified atom stereocenters. The normalized spacial score (nSPS) is 17.6. The molecule has 3 aromatic rings. The van der Waals surface area contributed by atoms with E-state index in [0.717, 1.165) is 19.3 Å². The zero-order chi connectivity index (χ0) is 27.2. The van der Waals surface area contributed by atoms with E-state index in [-0.39, 0.29) is 5.54 Å². The molecule has 5 N–H and O–H groups in total. The number of aromatic nitrogens is 1. The van der Waals surface area contributed by atoms with Crippen LogP contribution in [-0.4, -0.2) is 67.9 Å². The Bertz CT molecular complexity index is 1280. The van der Waals surface area contributed by atoms with Gasteiger partial charge in [-0.2, -0.15) is 0 Å². The number of carbonyl (C=O) groups is 3. The Morgan fingerprint density at radius 2 is 1.54 bits per heavy atom. The van der Waals surface area contributed by atoms with Gasteiger partial charge in [0.1, 0.15) is 0 Å². The predicted molar refractivity (Wildman–Crippen MR) is 139 cm³/mol. The summed E-state index contributed by atoms with van der Waals surface area (Å²) in [6.45, 7) is 0. The summed E-state index contributed by atoms with van der Waals surface area (Å²) in [6.07, 6.45) is 5.64. The molecule has 0 fully saturated rings. The van der Waals surface area contributed by atoms with Crippen LogP contribution in [0.5, 0.6) is 0 Å². The summed E-state index contributed by atoms with van der Waals surface area (Å²) in [6, 6.07) is 19.5. The molecule has 9 nitrogen and oxygen atoms in total. The quantitative estimate of drug-likeness (QED) is 0.307. The average Bonchev–Trinajstić information content (AvgIpc) is 3.28. The van der Waals surface area contributed by atoms with E-state index in [1.54, 1.807) is 0 Å². The summed E-state index contributed by atoms with van der Waals surface area (Å²) in [7, 11) is 4.41. The molecule has 1 aliphatic rings. The molecule has 0 bridgehead atoms. The minimum absolute atomic E-state index is 0.108. The number of allylic oxidation sites excluding steroid dienone is 1. The van der Waals surface area contributed by atoms with Crippen molar-refractivity contribution in [3.8, 4) is 0 Å². The van der Waals surface area contributed by atoms with Crippen molar-refractivity contribution in [2.75, 3.05) is 14.1 Å². The number of carboxylic acid groups (broad SMARTS) is 3. The minimum atomic E-state index is -2.74. The van der Waals surface area contributed by atoms with E-state index >= 15 is 0 Å². The Hall–Kier alpha value is -3.95. The fourth-order valence-electron chi connectivity index (χ4n) is 4.81. The molecular weight excluding hydrogens is 476 g/mol. The van der Waals surface area contributed by atoms with Crippen molar-refractivity contribution in [3.05, 3.63) is 78.0 Å². The van der Waals surface area contributed by atoms with E-state index in [2.05, 4.69) is 90.8 Å². The highest BCUT2D eigenvalue weighted by Gasteiger charge is 2.41. The van der Waals surface area contributed by atoms with Crippen LogP contribution >= 0.6 is 0 Å². The van der Waals surface area contributed by atoms with Crippen LogP contribution in [-0.2, 0) is 19.9 Å². The molecule has 2 aromatic carbocycles. The Morgan fingerprint density at radius 1 is 0.946 bits per heavy atom. The highest BCUT2D eigenvalue weighted by atomic mass is 16.4. The number of benzene rings is 2. The first-order valence-corrected chi connectivity index (χ1v) is 11.9. The van der Waals surface area contributed by atoms with Gasteiger partial charge in [-0.05, 0) is 50.6 Å². The summed E-state index contributed by atoms with van der Waals surface area (Å²) >= 11 is 0. The summed E-state index contributed by atoms with van der Waals surface area (Å²) in [5.41, 5.74) is 2.85. The zero-order valence-electron chi connectivity index (χ0n) is 20.8. The minimum Gasteiger partial charge on any atom is -0.481 e. The SMILES string of the molecule is CN(C)C1(c2ccccc2)CC=C(c2c[nH]c3ccccc23)CC1.O=C(O)CC(O)(CC(=O)O)C(=O)O. The van der Waals surface area contributed by atoms with Gasteiger partial charge in [0.2, 0.25) is 0 Å². The second kappa shape index (κ2) is 11.4. The lowest BCUT2D eigenvalue weighted by Crippen LogP contribution is -2.42. The molecule has 0 amide bonds. The topological polar surface area (TPSA) is 151 Å². The third-order valence-corrected chi connectivity index (χ3v) is 6.88. The lowest BCUT2D eigenvalue weighted by atomic mass is 9.75. The summed E-state index contributed by atoms with van der Waals surface area (Å²) in [4.78, 5) is 36.3. The van der Waals surface area contributed by atoms with Crippen molar-refractivity contribution < 1.29 is 34.8 Å². The average molecular weight is 509 g/mol. The van der Waals surface area contributed by atoms with Gasteiger partial charge in [0, 0.05) is 28.2 Å². The number of aromatic amines is 1. The smallest absolute Gasteiger partial charge is 0.336 e. The molecule has 1 heterocycles. The van der Waals surface area contributed by atoms with Gasteiger partial charge in [0.25, 0.3) is 0 Å². The molecule has 37 heavy (non-hydrogen) atoms. The second-order valence-electron chi connectivity index (χ2n) is 9.45. The van der Waals surface area contributed by atoms with Crippen molar-refractivity contribution in [2.24, 2.45) is 0 Å². The molecule has 1 aromatic heterocycles. The lowest BCUT2D eigenvalue weighted by Gasteiger charge is -2.43. The van der Waals surface area contributed by atoms with E-state index in [0.29, 0.717) is 0 Å². The molecule has 0 spiro atoms. The maximum atomic E-state index is 10.3. The van der Waals surface area contributed by atoms with E-state index < -0.39 is 36.4 Å². The monoisotopic (exact) mass is 508 g/mol. The van der Waals surface area contributed by atoms with Crippen LogP contribution in [0.15, 0.2) is 66.9 Å². The van der Waals surface area contributed by atoms with Crippen LogP contribution in [0.1, 0.15) is 43.2 Å². The first-order chi connectivity index (χ1) is 17.5. The van der Waals surface area contributed by atoms with Gasteiger partial charge in [0.15, 0.2) is 5.60 Å². The van der Waals surface area contributed by atoms with Gasteiger partial charge in [-0.3, -0.25) is 14.5 Å².